The largest absolute Gasteiger partial charge is 0.396 e. The fourth-order valence-corrected chi connectivity index (χ4v) is 2.80. The highest BCUT2D eigenvalue weighted by molar-refractivity contribution is 6.31. The minimum atomic E-state index is 0.640. The highest BCUT2D eigenvalue weighted by Gasteiger charge is 2.14. The minimum Gasteiger partial charge on any atom is -0.396 e. The Morgan fingerprint density at radius 3 is 2.91 bits per heavy atom. The predicted octanol–water partition coefficient (Wildman–Crippen LogP) is 3.07. The molecule has 1 fully saturated rings. The van der Waals surface area contributed by atoms with Gasteiger partial charge in [-0.15, -0.1) is 0 Å². The van der Waals surface area contributed by atoms with Crippen LogP contribution in [0.25, 0.3) is 0 Å². The SMILES string of the molecule is Cc1c(Cl)cccc1CNc1cc(N2CCOCC2)ncc1N. The van der Waals surface area contributed by atoms with Crippen molar-refractivity contribution < 1.29 is 4.74 Å². The topological polar surface area (TPSA) is 63.4 Å². The Balaban J connectivity index is 1.75. The van der Waals surface area contributed by atoms with Crippen molar-refractivity contribution in [3.8, 4) is 0 Å². The summed E-state index contributed by atoms with van der Waals surface area (Å²) in [5.74, 6) is 0.924. The summed E-state index contributed by atoms with van der Waals surface area (Å²) in [5.41, 5.74) is 9.83. The van der Waals surface area contributed by atoms with Gasteiger partial charge in [0.2, 0.25) is 0 Å². The molecule has 3 N–H and O–H groups in total. The van der Waals surface area contributed by atoms with E-state index >= 15 is 0 Å². The van der Waals surface area contributed by atoms with Crippen LogP contribution in [-0.4, -0.2) is 31.3 Å². The smallest absolute Gasteiger partial charge is 0.130 e. The van der Waals surface area contributed by atoms with E-state index in [4.69, 9.17) is 22.1 Å². The van der Waals surface area contributed by atoms with E-state index < -0.39 is 0 Å². The fourth-order valence-electron chi connectivity index (χ4n) is 2.61. The molecule has 122 valence electrons. The Morgan fingerprint density at radius 1 is 1.35 bits per heavy atom. The Bertz CT molecular complexity index is 686. The number of hydrogen-bond donors (Lipinski definition) is 2. The van der Waals surface area contributed by atoms with Crippen LogP contribution in [0.1, 0.15) is 11.1 Å². The number of hydrogen-bond acceptors (Lipinski definition) is 5. The third-order valence-electron chi connectivity index (χ3n) is 4.10. The van der Waals surface area contributed by atoms with Crippen LogP contribution in [0.2, 0.25) is 5.02 Å². The first-order chi connectivity index (χ1) is 11.1. The number of nitrogen functional groups attached to an aromatic ring is 1. The number of ether oxygens (including phenoxy) is 1. The molecule has 1 aliphatic rings. The number of nitrogens with one attached hydrogen (secondary N) is 1. The average Bonchev–Trinajstić information content (AvgIpc) is 2.58. The van der Waals surface area contributed by atoms with E-state index in [1.807, 2.05) is 25.1 Å². The highest BCUT2D eigenvalue weighted by atomic mass is 35.5. The van der Waals surface area contributed by atoms with Crippen LogP contribution in [-0.2, 0) is 11.3 Å². The number of rotatable bonds is 4. The van der Waals surface area contributed by atoms with E-state index in [0.717, 1.165) is 54.0 Å². The molecule has 1 aliphatic heterocycles. The number of morpholine rings is 1. The first kappa shape index (κ1) is 15.9. The summed E-state index contributed by atoms with van der Waals surface area (Å²) >= 11 is 6.17. The highest BCUT2D eigenvalue weighted by Crippen LogP contribution is 2.25. The number of anilines is 3. The molecule has 0 saturated carbocycles. The van der Waals surface area contributed by atoms with Gasteiger partial charge in [0.05, 0.1) is 30.8 Å². The first-order valence-electron chi connectivity index (χ1n) is 7.71. The Kier molecular flexibility index (Phi) is 4.88. The molecular formula is C17H21ClN4O. The normalized spacial score (nSPS) is 14.8. The molecule has 2 heterocycles. The van der Waals surface area contributed by atoms with E-state index in [9.17, 15) is 0 Å². The van der Waals surface area contributed by atoms with Gasteiger partial charge in [0.15, 0.2) is 0 Å². The summed E-state index contributed by atoms with van der Waals surface area (Å²) in [7, 11) is 0. The maximum atomic E-state index is 6.17. The molecule has 5 nitrogen and oxygen atoms in total. The van der Waals surface area contributed by atoms with Gasteiger partial charge in [-0.25, -0.2) is 4.98 Å². The molecule has 6 heteroatoms. The van der Waals surface area contributed by atoms with Gasteiger partial charge in [-0.05, 0) is 24.1 Å². The van der Waals surface area contributed by atoms with E-state index in [2.05, 4.69) is 21.3 Å². The lowest BCUT2D eigenvalue weighted by molar-refractivity contribution is 0.122. The zero-order chi connectivity index (χ0) is 16.2. The lowest BCUT2D eigenvalue weighted by Gasteiger charge is -2.28. The van der Waals surface area contributed by atoms with Gasteiger partial charge in [0, 0.05) is 30.7 Å². The van der Waals surface area contributed by atoms with Crippen molar-refractivity contribution in [1.29, 1.82) is 0 Å². The van der Waals surface area contributed by atoms with Crippen molar-refractivity contribution in [2.24, 2.45) is 0 Å². The molecule has 2 aromatic rings. The average molecular weight is 333 g/mol. The Hall–Kier alpha value is -1.98. The van der Waals surface area contributed by atoms with Crippen molar-refractivity contribution in [2.45, 2.75) is 13.5 Å². The molecule has 0 bridgehead atoms. The molecule has 0 aliphatic carbocycles. The maximum Gasteiger partial charge on any atom is 0.130 e. The van der Waals surface area contributed by atoms with E-state index in [0.29, 0.717) is 12.2 Å². The number of benzene rings is 1. The van der Waals surface area contributed by atoms with E-state index in [1.54, 1.807) is 6.20 Å². The molecule has 0 unspecified atom stereocenters. The second-order valence-electron chi connectivity index (χ2n) is 5.61. The van der Waals surface area contributed by atoms with Gasteiger partial charge in [-0.1, -0.05) is 23.7 Å². The van der Waals surface area contributed by atoms with Crippen LogP contribution in [0.15, 0.2) is 30.5 Å². The summed E-state index contributed by atoms with van der Waals surface area (Å²) in [6.07, 6.45) is 1.71. The van der Waals surface area contributed by atoms with E-state index in [1.165, 1.54) is 0 Å². The second-order valence-corrected chi connectivity index (χ2v) is 6.01. The van der Waals surface area contributed by atoms with Gasteiger partial charge in [-0.2, -0.15) is 0 Å². The molecule has 1 aromatic carbocycles. The van der Waals surface area contributed by atoms with Crippen LogP contribution in [0.5, 0.6) is 0 Å². The summed E-state index contributed by atoms with van der Waals surface area (Å²) in [5, 5.41) is 4.17. The van der Waals surface area contributed by atoms with Crippen molar-refractivity contribution >= 4 is 28.8 Å². The number of aromatic nitrogens is 1. The van der Waals surface area contributed by atoms with Crippen LogP contribution >= 0.6 is 11.6 Å². The Morgan fingerprint density at radius 2 is 2.13 bits per heavy atom. The molecule has 1 saturated heterocycles. The molecular weight excluding hydrogens is 312 g/mol. The van der Waals surface area contributed by atoms with Gasteiger partial charge in [0.25, 0.3) is 0 Å². The molecule has 0 amide bonds. The lowest BCUT2D eigenvalue weighted by Crippen LogP contribution is -2.36. The van der Waals surface area contributed by atoms with Crippen molar-refractivity contribution in [2.75, 3.05) is 42.3 Å². The lowest BCUT2D eigenvalue weighted by atomic mass is 10.1. The molecule has 1 aromatic heterocycles. The van der Waals surface area contributed by atoms with Gasteiger partial charge in [0.1, 0.15) is 5.82 Å². The molecule has 0 atom stereocenters. The second kappa shape index (κ2) is 7.06. The van der Waals surface area contributed by atoms with Gasteiger partial charge < -0.3 is 20.7 Å². The third kappa shape index (κ3) is 3.68. The summed E-state index contributed by atoms with van der Waals surface area (Å²) in [6, 6.07) is 7.92. The minimum absolute atomic E-state index is 0.640. The predicted molar refractivity (Wildman–Crippen MR) is 95.2 cm³/mol. The molecule has 23 heavy (non-hydrogen) atoms. The zero-order valence-electron chi connectivity index (χ0n) is 13.2. The van der Waals surface area contributed by atoms with E-state index in [-0.39, 0.29) is 0 Å². The number of halogens is 1. The molecule has 0 spiro atoms. The summed E-state index contributed by atoms with van der Waals surface area (Å²) in [4.78, 5) is 6.64. The maximum absolute atomic E-state index is 6.17. The standard InChI is InChI=1S/C17H21ClN4O/c1-12-13(3-2-4-14(12)18)10-20-16-9-17(21-11-15(16)19)22-5-7-23-8-6-22/h2-4,9,11H,5-8,10,19H2,1H3,(H,20,21). The van der Waals surface area contributed by atoms with Gasteiger partial charge >= 0.3 is 0 Å². The summed E-state index contributed by atoms with van der Waals surface area (Å²) < 4.78 is 5.38. The molecule has 0 radical (unpaired) electrons. The van der Waals surface area contributed by atoms with Crippen molar-refractivity contribution in [3.63, 3.8) is 0 Å². The number of nitrogens with two attached hydrogens (primary N) is 1. The monoisotopic (exact) mass is 332 g/mol. The fraction of sp³-hybridized carbons (Fsp3) is 0.353. The van der Waals surface area contributed by atoms with Crippen LogP contribution < -0.4 is 16.0 Å². The quantitative estimate of drug-likeness (QED) is 0.901. The molecule has 3 rings (SSSR count). The summed E-state index contributed by atoms with van der Waals surface area (Å²) in [6.45, 7) is 5.86. The van der Waals surface area contributed by atoms with Gasteiger partial charge in [-0.3, -0.25) is 0 Å². The zero-order valence-corrected chi connectivity index (χ0v) is 13.9. The third-order valence-corrected chi connectivity index (χ3v) is 4.51. The number of pyridine rings is 1. The number of nitrogens with zero attached hydrogens (tertiary/aromatic N) is 2. The van der Waals surface area contributed by atoms with Crippen LogP contribution in [0, 0.1) is 6.92 Å². The first-order valence-corrected chi connectivity index (χ1v) is 8.09. The van der Waals surface area contributed by atoms with Crippen LogP contribution in [0.3, 0.4) is 0 Å². The van der Waals surface area contributed by atoms with Crippen LogP contribution in [0.4, 0.5) is 17.2 Å². The Labute approximate surface area is 141 Å². The van der Waals surface area contributed by atoms with Crippen molar-refractivity contribution in [3.05, 3.63) is 46.6 Å². The van der Waals surface area contributed by atoms with Crippen molar-refractivity contribution in [1.82, 2.24) is 4.98 Å².